The lowest BCUT2D eigenvalue weighted by atomic mass is 9.96. The summed E-state index contributed by atoms with van der Waals surface area (Å²) < 4.78 is 46.0. The summed E-state index contributed by atoms with van der Waals surface area (Å²) in [6.45, 7) is 7.04. The van der Waals surface area contributed by atoms with Crippen molar-refractivity contribution in [1.29, 1.82) is 0 Å². The Morgan fingerprint density at radius 1 is 1.03 bits per heavy atom. The molecule has 0 N–H and O–H groups in total. The van der Waals surface area contributed by atoms with Gasteiger partial charge < -0.3 is 9.64 Å². The maximum Gasteiger partial charge on any atom is 0.410 e. The van der Waals surface area contributed by atoms with Crippen molar-refractivity contribution in [2.24, 2.45) is 5.41 Å². The third kappa shape index (κ3) is 4.21. The van der Waals surface area contributed by atoms with E-state index in [2.05, 4.69) is 0 Å². The fraction of sp³-hybridized carbons (Fsp3) is 0.619. The van der Waals surface area contributed by atoms with Crippen molar-refractivity contribution in [3.8, 4) is 0 Å². The van der Waals surface area contributed by atoms with Gasteiger partial charge in [0, 0.05) is 19.1 Å². The second-order valence-electron chi connectivity index (χ2n) is 8.95. The molecule has 3 rings (SSSR count). The Bertz CT molecular complexity index is 770. The van der Waals surface area contributed by atoms with Gasteiger partial charge >= 0.3 is 12.3 Å². The van der Waals surface area contributed by atoms with E-state index in [0.717, 1.165) is 5.56 Å². The average Bonchev–Trinajstić information content (AvgIpc) is 3.42. The molecule has 1 heterocycles. The first-order valence-electron chi connectivity index (χ1n) is 9.78. The number of ether oxygens (including phenoxy) is 1. The lowest BCUT2D eigenvalue weighted by Gasteiger charge is -2.46. The summed E-state index contributed by atoms with van der Waals surface area (Å²) in [5.74, 6) is -0.887. The minimum Gasteiger partial charge on any atom is -0.444 e. The van der Waals surface area contributed by atoms with Crippen molar-refractivity contribution in [3.05, 3.63) is 35.9 Å². The van der Waals surface area contributed by atoms with Gasteiger partial charge in [-0.2, -0.15) is 13.2 Å². The number of amides is 2. The van der Waals surface area contributed by atoms with Crippen LogP contribution >= 0.6 is 0 Å². The number of hydrogen-bond donors (Lipinski definition) is 0. The van der Waals surface area contributed by atoms with Crippen LogP contribution in [0.15, 0.2) is 30.3 Å². The fourth-order valence-corrected chi connectivity index (χ4v) is 3.76. The topological polar surface area (TPSA) is 49.9 Å². The van der Waals surface area contributed by atoms with Crippen molar-refractivity contribution in [2.45, 2.75) is 64.4 Å². The summed E-state index contributed by atoms with van der Waals surface area (Å²) >= 11 is 0. The van der Waals surface area contributed by atoms with Crippen LogP contribution in [0, 0.1) is 5.41 Å². The molecule has 0 spiro atoms. The highest BCUT2D eigenvalue weighted by Gasteiger charge is 2.70. The first-order valence-corrected chi connectivity index (χ1v) is 9.78. The van der Waals surface area contributed by atoms with Crippen LogP contribution in [-0.4, -0.2) is 52.7 Å². The number of hydrogen-bond acceptors (Lipinski definition) is 3. The van der Waals surface area contributed by atoms with Crippen molar-refractivity contribution in [3.63, 3.8) is 0 Å². The van der Waals surface area contributed by atoms with Gasteiger partial charge in [-0.25, -0.2) is 4.79 Å². The SMILES string of the molecule is C[C@@H]1CN(C(=O)OC(C)(C)C)[C@@H](c2ccccc2)CN1C(=O)C1(C(F)(F)F)CC1. The van der Waals surface area contributed by atoms with Crippen molar-refractivity contribution in [1.82, 2.24) is 9.80 Å². The molecular formula is C21H27F3N2O3. The molecule has 2 amide bonds. The van der Waals surface area contributed by atoms with Gasteiger partial charge in [0.05, 0.1) is 6.04 Å². The maximum absolute atomic E-state index is 13.5. The number of benzene rings is 1. The average molecular weight is 412 g/mol. The third-order valence-corrected chi connectivity index (χ3v) is 5.51. The van der Waals surface area contributed by atoms with Gasteiger partial charge in [-0.15, -0.1) is 0 Å². The molecule has 0 unspecified atom stereocenters. The van der Waals surface area contributed by atoms with Crippen LogP contribution in [0.25, 0.3) is 0 Å². The Kier molecular flexibility index (Phi) is 5.34. The van der Waals surface area contributed by atoms with Gasteiger partial charge in [-0.1, -0.05) is 30.3 Å². The third-order valence-electron chi connectivity index (χ3n) is 5.51. The molecule has 0 bridgehead atoms. The number of rotatable bonds is 2. The van der Waals surface area contributed by atoms with Gasteiger partial charge in [0.15, 0.2) is 0 Å². The summed E-state index contributed by atoms with van der Waals surface area (Å²) in [7, 11) is 0. The largest absolute Gasteiger partial charge is 0.444 e. The van der Waals surface area contributed by atoms with E-state index in [-0.39, 0.29) is 25.9 Å². The fourth-order valence-electron chi connectivity index (χ4n) is 3.76. The predicted molar refractivity (Wildman–Crippen MR) is 101 cm³/mol. The highest BCUT2D eigenvalue weighted by Crippen LogP contribution is 2.59. The van der Waals surface area contributed by atoms with Crippen LogP contribution in [0.1, 0.15) is 52.1 Å². The molecule has 1 aliphatic carbocycles. The zero-order chi connectivity index (χ0) is 21.6. The van der Waals surface area contributed by atoms with Crippen LogP contribution < -0.4 is 0 Å². The van der Waals surface area contributed by atoms with E-state index in [9.17, 15) is 22.8 Å². The number of halogens is 3. The molecule has 160 valence electrons. The Labute approximate surface area is 168 Å². The van der Waals surface area contributed by atoms with E-state index in [1.807, 2.05) is 6.07 Å². The van der Waals surface area contributed by atoms with Gasteiger partial charge in [-0.3, -0.25) is 9.69 Å². The molecular weight excluding hydrogens is 385 g/mol. The quantitative estimate of drug-likeness (QED) is 0.717. The molecule has 1 saturated heterocycles. The molecule has 8 heteroatoms. The summed E-state index contributed by atoms with van der Waals surface area (Å²) in [6.07, 6.45) is -5.45. The number of carbonyl (C=O) groups excluding carboxylic acids is 2. The normalized spacial score (nSPS) is 24.2. The van der Waals surface area contributed by atoms with E-state index in [1.165, 1.54) is 9.80 Å². The smallest absolute Gasteiger partial charge is 0.410 e. The Balaban J connectivity index is 1.90. The monoisotopic (exact) mass is 412 g/mol. The zero-order valence-corrected chi connectivity index (χ0v) is 17.1. The lowest BCUT2D eigenvalue weighted by Crippen LogP contribution is -2.59. The first kappa shape index (κ1) is 21.5. The van der Waals surface area contributed by atoms with E-state index in [1.54, 1.807) is 52.0 Å². The molecule has 2 aliphatic rings. The minimum atomic E-state index is -4.56. The van der Waals surface area contributed by atoms with Crippen molar-refractivity contribution in [2.75, 3.05) is 13.1 Å². The lowest BCUT2D eigenvalue weighted by molar-refractivity contribution is -0.201. The number of piperazine rings is 1. The minimum absolute atomic E-state index is 0.00108. The van der Waals surface area contributed by atoms with E-state index >= 15 is 0 Å². The summed E-state index contributed by atoms with van der Waals surface area (Å²) in [6, 6.07) is 7.90. The van der Waals surface area contributed by atoms with Gasteiger partial charge in [0.2, 0.25) is 5.91 Å². The van der Waals surface area contributed by atoms with Gasteiger partial charge in [-0.05, 0) is 46.1 Å². The number of alkyl halides is 3. The molecule has 0 radical (unpaired) electrons. The van der Waals surface area contributed by atoms with E-state index < -0.39 is 41.3 Å². The van der Waals surface area contributed by atoms with Crippen LogP contribution in [0.5, 0.6) is 0 Å². The second kappa shape index (κ2) is 7.22. The molecule has 2 atom stereocenters. The highest BCUT2D eigenvalue weighted by atomic mass is 19.4. The predicted octanol–water partition coefficient (Wildman–Crippen LogP) is 4.54. The molecule has 0 aromatic heterocycles. The molecule has 29 heavy (non-hydrogen) atoms. The van der Waals surface area contributed by atoms with Crippen LogP contribution in [0.2, 0.25) is 0 Å². The Morgan fingerprint density at radius 3 is 2.10 bits per heavy atom. The van der Waals surface area contributed by atoms with E-state index in [0.29, 0.717) is 0 Å². The zero-order valence-electron chi connectivity index (χ0n) is 17.1. The van der Waals surface area contributed by atoms with Crippen LogP contribution in [0.4, 0.5) is 18.0 Å². The Hall–Kier alpha value is -2.25. The molecule has 2 fully saturated rings. The van der Waals surface area contributed by atoms with Gasteiger partial charge in [0.1, 0.15) is 11.0 Å². The number of carbonyl (C=O) groups is 2. The van der Waals surface area contributed by atoms with Crippen LogP contribution in [-0.2, 0) is 9.53 Å². The molecule has 1 aromatic rings. The van der Waals surface area contributed by atoms with Gasteiger partial charge in [0.25, 0.3) is 0 Å². The number of nitrogens with zero attached hydrogens (tertiary/aromatic N) is 2. The molecule has 1 aromatic carbocycles. The molecule has 1 saturated carbocycles. The Morgan fingerprint density at radius 2 is 1.62 bits per heavy atom. The first-order chi connectivity index (χ1) is 13.4. The molecule has 1 aliphatic heterocycles. The second-order valence-corrected chi connectivity index (χ2v) is 8.95. The standard InChI is InChI=1S/C21H27F3N2O3/c1-14-12-26(18(28)29-19(2,3)4)16(15-8-6-5-7-9-15)13-25(14)17(27)20(10-11-20)21(22,23)24/h5-9,14,16H,10-13H2,1-4H3/t14-,16-/m1/s1. The van der Waals surface area contributed by atoms with E-state index in [4.69, 9.17) is 4.74 Å². The van der Waals surface area contributed by atoms with Crippen molar-refractivity contribution < 1.29 is 27.5 Å². The van der Waals surface area contributed by atoms with Crippen LogP contribution in [0.3, 0.4) is 0 Å². The maximum atomic E-state index is 13.5. The summed E-state index contributed by atoms with van der Waals surface area (Å²) in [5, 5.41) is 0. The van der Waals surface area contributed by atoms with Crippen molar-refractivity contribution >= 4 is 12.0 Å². The summed E-state index contributed by atoms with van der Waals surface area (Å²) in [4.78, 5) is 28.5. The molecule has 5 nitrogen and oxygen atoms in total. The summed E-state index contributed by atoms with van der Waals surface area (Å²) in [5.41, 5.74) is -2.22. The highest BCUT2D eigenvalue weighted by molar-refractivity contribution is 5.87.